The first kappa shape index (κ1) is 14.1. The van der Waals surface area contributed by atoms with Gasteiger partial charge in [-0.1, -0.05) is 11.6 Å². The van der Waals surface area contributed by atoms with Gasteiger partial charge in [0.1, 0.15) is 5.15 Å². The van der Waals surface area contributed by atoms with Gasteiger partial charge in [-0.2, -0.15) is 0 Å². The van der Waals surface area contributed by atoms with E-state index in [1.165, 1.54) is 6.20 Å². The van der Waals surface area contributed by atoms with E-state index >= 15 is 0 Å². The van der Waals surface area contributed by atoms with E-state index in [2.05, 4.69) is 4.98 Å². The van der Waals surface area contributed by atoms with Gasteiger partial charge in [-0.3, -0.25) is 9.59 Å². The average Bonchev–Trinajstić information content (AvgIpc) is 3.33. The van der Waals surface area contributed by atoms with Gasteiger partial charge in [0.15, 0.2) is 0 Å². The summed E-state index contributed by atoms with van der Waals surface area (Å²) in [6, 6.07) is 1.54. The first-order valence-electron chi connectivity index (χ1n) is 7.05. The van der Waals surface area contributed by atoms with E-state index in [0.29, 0.717) is 37.4 Å². The van der Waals surface area contributed by atoms with Gasteiger partial charge in [0.05, 0.1) is 17.4 Å². The Kier molecular flexibility index (Phi) is 3.71. The summed E-state index contributed by atoms with van der Waals surface area (Å²) in [7, 11) is 0. The number of piperazine rings is 1. The highest BCUT2D eigenvalue weighted by molar-refractivity contribution is 6.32. The fourth-order valence-electron chi connectivity index (χ4n) is 2.50. The molecule has 2 aliphatic rings. The highest BCUT2D eigenvalue weighted by Gasteiger charge is 2.35. The average molecular weight is 309 g/mol. The van der Waals surface area contributed by atoms with Crippen LogP contribution in [-0.4, -0.2) is 52.8 Å². The number of amides is 2. The quantitative estimate of drug-likeness (QED) is 0.827. The summed E-state index contributed by atoms with van der Waals surface area (Å²) in [5.41, 5.74) is 6.38. The second-order valence-electron chi connectivity index (χ2n) is 5.50. The van der Waals surface area contributed by atoms with Gasteiger partial charge in [-0.25, -0.2) is 4.98 Å². The summed E-state index contributed by atoms with van der Waals surface area (Å²) in [6.45, 7) is 2.19. The third-order valence-corrected chi connectivity index (χ3v) is 4.20. The van der Waals surface area contributed by atoms with Crippen LogP contribution in [-0.2, 0) is 4.79 Å². The molecule has 21 heavy (non-hydrogen) atoms. The van der Waals surface area contributed by atoms with Gasteiger partial charge in [-0.05, 0) is 18.9 Å². The minimum atomic E-state index is -0.182. The topological polar surface area (TPSA) is 79.5 Å². The summed E-state index contributed by atoms with van der Waals surface area (Å²) >= 11 is 5.96. The summed E-state index contributed by atoms with van der Waals surface area (Å²) in [5.74, 6) is 0.267. The Morgan fingerprint density at radius 2 is 1.81 bits per heavy atom. The van der Waals surface area contributed by atoms with E-state index in [4.69, 9.17) is 17.3 Å². The lowest BCUT2D eigenvalue weighted by atomic mass is 10.2. The smallest absolute Gasteiger partial charge is 0.257 e. The number of nitrogens with zero attached hydrogens (tertiary/aromatic N) is 3. The van der Waals surface area contributed by atoms with Gasteiger partial charge >= 0.3 is 0 Å². The molecule has 0 atom stereocenters. The van der Waals surface area contributed by atoms with Crippen LogP contribution in [0.15, 0.2) is 12.3 Å². The van der Waals surface area contributed by atoms with Crippen molar-refractivity contribution in [2.45, 2.75) is 12.8 Å². The maximum absolute atomic E-state index is 12.4. The molecule has 1 aliphatic carbocycles. The van der Waals surface area contributed by atoms with Crippen molar-refractivity contribution in [3.05, 3.63) is 23.0 Å². The lowest BCUT2D eigenvalue weighted by Gasteiger charge is -2.35. The summed E-state index contributed by atoms with van der Waals surface area (Å²) < 4.78 is 0. The molecule has 6 nitrogen and oxygen atoms in total. The number of anilines is 1. The number of nitrogens with two attached hydrogens (primary N) is 1. The molecule has 0 bridgehead atoms. The van der Waals surface area contributed by atoms with E-state index in [1.807, 2.05) is 4.90 Å². The first-order chi connectivity index (χ1) is 10.1. The SMILES string of the molecule is Nc1cnc(Cl)c(C(=O)N2CCN(C(=O)C3CC3)CC2)c1. The van der Waals surface area contributed by atoms with Gasteiger partial charge in [0.2, 0.25) is 5.91 Å². The van der Waals surface area contributed by atoms with E-state index in [0.717, 1.165) is 12.8 Å². The number of hydrogen-bond donors (Lipinski definition) is 1. The number of pyridine rings is 1. The van der Waals surface area contributed by atoms with Gasteiger partial charge in [-0.15, -0.1) is 0 Å². The predicted octanol–water partition coefficient (Wildman–Crippen LogP) is 1.01. The molecule has 0 radical (unpaired) electrons. The molecule has 2 heterocycles. The number of carbonyl (C=O) groups is 2. The zero-order valence-corrected chi connectivity index (χ0v) is 12.3. The maximum Gasteiger partial charge on any atom is 0.257 e. The fourth-order valence-corrected chi connectivity index (χ4v) is 2.69. The molecule has 0 spiro atoms. The lowest BCUT2D eigenvalue weighted by molar-refractivity contribution is -0.134. The molecule has 0 aromatic carbocycles. The van der Waals surface area contributed by atoms with Crippen molar-refractivity contribution < 1.29 is 9.59 Å². The summed E-state index contributed by atoms with van der Waals surface area (Å²) in [6.07, 6.45) is 3.43. The number of nitrogen functional groups attached to an aromatic ring is 1. The van der Waals surface area contributed by atoms with Gasteiger partial charge in [0.25, 0.3) is 5.91 Å². The van der Waals surface area contributed by atoms with Gasteiger partial charge in [0, 0.05) is 32.1 Å². The predicted molar refractivity (Wildman–Crippen MR) is 78.9 cm³/mol. The Balaban J connectivity index is 1.64. The molecular formula is C14H17ClN4O2. The monoisotopic (exact) mass is 308 g/mol. The van der Waals surface area contributed by atoms with E-state index < -0.39 is 0 Å². The van der Waals surface area contributed by atoms with Crippen LogP contribution in [0.1, 0.15) is 23.2 Å². The zero-order chi connectivity index (χ0) is 15.0. The van der Waals surface area contributed by atoms with Crippen LogP contribution in [0.4, 0.5) is 5.69 Å². The zero-order valence-electron chi connectivity index (χ0n) is 11.6. The van der Waals surface area contributed by atoms with Crippen LogP contribution in [0, 0.1) is 5.92 Å². The number of rotatable bonds is 2. The highest BCUT2D eigenvalue weighted by atomic mass is 35.5. The van der Waals surface area contributed by atoms with Crippen LogP contribution in [0.25, 0.3) is 0 Å². The van der Waals surface area contributed by atoms with E-state index in [9.17, 15) is 9.59 Å². The van der Waals surface area contributed by atoms with Crippen LogP contribution in [0.5, 0.6) is 0 Å². The fraction of sp³-hybridized carbons (Fsp3) is 0.500. The molecule has 112 valence electrons. The maximum atomic E-state index is 12.4. The molecule has 1 aromatic heterocycles. The van der Waals surface area contributed by atoms with Crippen molar-refractivity contribution in [1.29, 1.82) is 0 Å². The lowest BCUT2D eigenvalue weighted by Crippen LogP contribution is -2.51. The van der Waals surface area contributed by atoms with Crippen molar-refractivity contribution in [2.75, 3.05) is 31.9 Å². The minimum Gasteiger partial charge on any atom is -0.397 e. The largest absolute Gasteiger partial charge is 0.397 e. The molecule has 2 fully saturated rings. The van der Waals surface area contributed by atoms with E-state index in [-0.39, 0.29) is 22.9 Å². The summed E-state index contributed by atoms with van der Waals surface area (Å²) in [5, 5.41) is 0.158. The molecule has 1 aliphatic heterocycles. The number of halogens is 1. The van der Waals surface area contributed by atoms with Gasteiger partial charge < -0.3 is 15.5 Å². The van der Waals surface area contributed by atoms with Crippen LogP contribution in [0.2, 0.25) is 5.15 Å². The second-order valence-corrected chi connectivity index (χ2v) is 5.86. The molecule has 1 saturated heterocycles. The van der Waals surface area contributed by atoms with Crippen LogP contribution in [0.3, 0.4) is 0 Å². The third kappa shape index (κ3) is 2.95. The van der Waals surface area contributed by atoms with Crippen molar-refractivity contribution in [3.63, 3.8) is 0 Å². The van der Waals surface area contributed by atoms with Crippen molar-refractivity contribution >= 4 is 29.1 Å². The number of aromatic nitrogens is 1. The van der Waals surface area contributed by atoms with E-state index in [1.54, 1.807) is 11.0 Å². The Morgan fingerprint density at radius 3 is 2.43 bits per heavy atom. The van der Waals surface area contributed by atoms with Crippen molar-refractivity contribution in [2.24, 2.45) is 5.92 Å². The molecular weight excluding hydrogens is 292 g/mol. The van der Waals surface area contributed by atoms with Crippen LogP contribution >= 0.6 is 11.6 Å². The first-order valence-corrected chi connectivity index (χ1v) is 7.43. The third-order valence-electron chi connectivity index (χ3n) is 3.90. The van der Waals surface area contributed by atoms with Crippen molar-refractivity contribution in [1.82, 2.24) is 14.8 Å². The Bertz CT molecular complexity index is 580. The normalized spacial score (nSPS) is 18.7. The second kappa shape index (κ2) is 5.52. The molecule has 7 heteroatoms. The number of carbonyl (C=O) groups excluding carboxylic acids is 2. The molecule has 0 unspecified atom stereocenters. The Morgan fingerprint density at radius 1 is 1.19 bits per heavy atom. The Hall–Kier alpha value is -1.82. The molecule has 2 amide bonds. The number of hydrogen-bond acceptors (Lipinski definition) is 4. The van der Waals surface area contributed by atoms with Crippen LogP contribution < -0.4 is 5.73 Å². The molecule has 1 saturated carbocycles. The summed E-state index contributed by atoms with van der Waals surface area (Å²) in [4.78, 5) is 31.9. The highest BCUT2D eigenvalue weighted by Crippen LogP contribution is 2.31. The molecule has 3 rings (SSSR count). The molecule has 2 N–H and O–H groups in total. The van der Waals surface area contributed by atoms with Crippen molar-refractivity contribution in [3.8, 4) is 0 Å². The minimum absolute atomic E-state index is 0.158. The standard InChI is InChI=1S/C14H17ClN4O2/c15-12-11(7-10(16)8-17-12)14(21)19-5-3-18(4-6-19)13(20)9-1-2-9/h7-9H,1-6,16H2. The molecule has 1 aromatic rings. The Labute approximate surface area is 127 Å².